The molecule has 0 saturated carbocycles. The number of carbonyl (C=O) groups is 2. The standard InChI is InChI=1S/C14H18N2O2S.C2HF3O2/c17-14-13-7-15(11-1-3-18-8-11)5-10(13)6-16(14)12-2-4-19-9-12;3-2(4,5)1(6)7/h2,4,9-11,13H,1,3,5-8H2;(H,6,7)/t10-,11?,13-;/m0./s1. The summed E-state index contributed by atoms with van der Waals surface area (Å²) in [4.78, 5) is 25.9. The molecule has 0 radical (unpaired) electrons. The maximum Gasteiger partial charge on any atom is 0.490 e. The summed E-state index contributed by atoms with van der Waals surface area (Å²) < 4.78 is 37.2. The molecule has 1 aromatic rings. The van der Waals surface area contributed by atoms with Crippen molar-refractivity contribution in [3.05, 3.63) is 16.8 Å². The van der Waals surface area contributed by atoms with E-state index in [4.69, 9.17) is 14.6 Å². The van der Waals surface area contributed by atoms with E-state index >= 15 is 0 Å². The Morgan fingerprint density at radius 3 is 2.54 bits per heavy atom. The van der Waals surface area contributed by atoms with Gasteiger partial charge in [-0.1, -0.05) is 0 Å². The van der Waals surface area contributed by atoms with E-state index in [9.17, 15) is 18.0 Å². The molecule has 3 aliphatic rings. The van der Waals surface area contributed by atoms with Gasteiger partial charge in [-0.2, -0.15) is 24.5 Å². The molecular weight excluding hydrogens is 373 g/mol. The number of rotatable bonds is 2. The number of hydrogen-bond donors (Lipinski definition) is 1. The van der Waals surface area contributed by atoms with Crippen molar-refractivity contribution in [2.24, 2.45) is 11.8 Å². The van der Waals surface area contributed by atoms with Gasteiger partial charge in [-0.05, 0) is 17.9 Å². The highest BCUT2D eigenvalue weighted by Crippen LogP contribution is 2.37. The first-order valence-electron chi connectivity index (χ1n) is 8.23. The Morgan fingerprint density at radius 1 is 1.31 bits per heavy atom. The summed E-state index contributed by atoms with van der Waals surface area (Å²) >= 11 is 1.66. The van der Waals surface area contributed by atoms with Gasteiger partial charge in [0.25, 0.3) is 0 Å². The van der Waals surface area contributed by atoms with E-state index in [0.717, 1.165) is 45.0 Å². The maximum absolute atomic E-state index is 12.5. The highest BCUT2D eigenvalue weighted by Gasteiger charge is 2.48. The molecule has 3 saturated heterocycles. The molecule has 0 aromatic carbocycles. The zero-order valence-corrected chi connectivity index (χ0v) is 14.6. The number of thiophene rings is 1. The van der Waals surface area contributed by atoms with Crippen molar-refractivity contribution in [1.82, 2.24) is 4.90 Å². The third-order valence-electron chi connectivity index (χ3n) is 4.95. The fourth-order valence-corrected chi connectivity index (χ4v) is 4.29. The van der Waals surface area contributed by atoms with Crippen LogP contribution < -0.4 is 4.90 Å². The van der Waals surface area contributed by atoms with Crippen molar-refractivity contribution in [1.29, 1.82) is 0 Å². The lowest BCUT2D eigenvalue weighted by molar-refractivity contribution is -0.192. The van der Waals surface area contributed by atoms with Gasteiger partial charge in [-0.25, -0.2) is 4.79 Å². The van der Waals surface area contributed by atoms with E-state index in [2.05, 4.69) is 10.3 Å². The average molecular weight is 392 g/mol. The minimum atomic E-state index is -5.08. The van der Waals surface area contributed by atoms with Crippen LogP contribution >= 0.6 is 11.3 Å². The van der Waals surface area contributed by atoms with Gasteiger partial charge in [0.2, 0.25) is 5.91 Å². The van der Waals surface area contributed by atoms with Gasteiger partial charge in [-0.3, -0.25) is 9.69 Å². The third-order valence-corrected chi connectivity index (χ3v) is 5.62. The number of alkyl halides is 3. The molecule has 1 aromatic heterocycles. The molecule has 144 valence electrons. The summed E-state index contributed by atoms with van der Waals surface area (Å²) in [6.45, 7) is 4.61. The molecule has 3 atom stereocenters. The molecule has 6 nitrogen and oxygen atoms in total. The fourth-order valence-electron chi connectivity index (χ4n) is 3.65. The Balaban J connectivity index is 0.000000242. The molecule has 1 amide bonds. The van der Waals surface area contributed by atoms with Crippen LogP contribution in [-0.2, 0) is 14.3 Å². The van der Waals surface area contributed by atoms with Crippen molar-refractivity contribution in [3.63, 3.8) is 0 Å². The monoisotopic (exact) mass is 392 g/mol. The Kier molecular flexibility index (Phi) is 5.54. The van der Waals surface area contributed by atoms with Crippen LogP contribution in [0.15, 0.2) is 16.8 Å². The number of carbonyl (C=O) groups excluding carboxylic acids is 1. The SMILES string of the molecule is O=C(O)C(F)(F)F.O=C1[C@H]2CN(C3CCOC3)C[C@H]2CN1c1ccsc1. The summed E-state index contributed by atoms with van der Waals surface area (Å²) in [7, 11) is 0. The van der Waals surface area contributed by atoms with Gasteiger partial charge in [0.15, 0.2) is 0 Å². The van der Waals surface area contributed by atoms with Gasteiger partial charge in [0, 0.05) is 43.6 Å². The van der Waals surface area contributed by atoms with Gasteiger partial charge in [0.1, 0.15) is 0 Å². The third kappa shape index (κ3) is 4.02. The molecule has 3 aliphatic heterocycles. The summed E-state index contributed by atoms with van der Waals surface area (Å²) in [5.74, 6) is -1.72. The van der Waals surface area contributed by atoms with Gasteiger partial charge in [0.05, 0.1) is 18.2 Å². The lowest BCUT2D eigenvalue weighted by Crippen LogP contribution is -2.38. The summed E-state index contributed by atoms with van der Waals surface area (Å²) in [6.07, 6.45) is -3.96. The van der Waals surface area contributed by atoms with E-state index in [-0.39, 0.29) is 5.92 Å². The Bertz CT molecular complexity index is 646. The molecule has 4 rings (SSSR count). The van der Waals surface area contributed by atoms with E-state index in [0.29, 0.717) is 17.9 Å². The highest BCUT2D eigenvalue weighted by atomic mass is 32.1. The van der Waals surface area contributed by atoms with Crippen molar-refractivity contribution < 1.29 is 32.6 Å². The second-order valence-corrected chi connectivity index (χ2v) is 7.35. The number of ether oxygens (including phenoxy) is 1. The quantitative estimate of drug-likeness (QED) is 0.835. The molecule has 0 spiro atoms. The van der Waals surface area contributed by atoms with E-state index < -0.39 is 12.1 Å². The van der Waals surface area contributed by atoms with Crippen molar-refractivity contribution in [2.75, 3.05) is 37.7 Å². The van der Waals surface area contributed by atoms with E-state index in [1.807, 2.05) is 16.3 Å². The number of aliphatic carboxylic acids is 1. The molecule has 0 bridgehead atoms. The molecular formula is C16H19F3N2O4S. The van der Waals surface area contributed by atoms with Crippen molar-refractivity contribution in [2.45, 2.75) is 18.6 Å². The molecule has 4 heterocycles. The number of nitrogens with zero attached hydrogens (tertiary/aromatic N) is 2. The number of hydrogen-bond acceptors (Lipinski definition) is 5. The smallest absolute Gasteiger partial charge is 0.475 e. The number of amides is 1. The van der Waals surface area contributed by atoms with Crippen molar-refractivity contribution >= 4 is 28.9 Å². The van der Waals surface area contributed by atoms with Crippen LogP contribution in [0, 0.1) is 11.8 Å². The van der Waals surface area contributed by atoms with E-state index in [1.165, 1.54) is 0 Å². The summed E-state index contributed by atoms with van der Waals surface area (Å²) in [6, 6.07) is 2.60. The van der Waals surface area contributed by atoms with Crippen LogP contribution in [0.5, 0.6) is 0 Å². The first-order chi connectivity index (χ1) is 12.3. The number of halogens is 3. The lowest BCUT2D eigenvalue weighted by Gasteiger charge is -2.25. The van der Waals surface area contributed by atoms with Gasteiger partial charge >= 0.3 is 12.1 Å². The molecule has 3 fully saturated rings. The number of carboxylic acids is 1. The predicted octanol–water partition coefficient (Wildman–Crippen LogP) is 2.06. The molecule has 0 aliphatic carbocycles. The molecule has 1 unspecified atom stereocenters. The first kappa shape index (κ1) is 19.1. The lowest BCUT2D eigenvalue weighted by atomic mass is 10.0. The minimum Gasteiger partial charge on any atom is -0.475 e. The number of anilines is 1. The van der Waals surface area contributed by atoms with Crippen LogP contribution in [0.25, 0.3) is 0 Å². The summed E-state index contributed by atoms with van der Waals surface area (Å²) in [5.41, 5.74) is 1.08. The average Bonchev–Trinajstić information content (AvgIpc) is 3.33. The van der Waals surface area contributed by atoms with Crippen molar-refractivity contribution in [3.8, 4) is 0 Å². The molecule has 26 heavy (non-hydrogen) atoms. The normalized spacial score (nSPS) is 28.8. The van der Waals surface area contributed by atoms with Crippen LogP contribution in [0.1, 0.15) is 6.42 Å². The molecule has 10 heteroatoms. The van der Waals surface area contributed by atoms with Gasteiger partial charge in [-0.15, -0.1) is 0 Å². The highest BCUT2D eigenvalue weighted by molar-refractivity contribution is 7.08. The first-order valence-corrected chi connectivity index (χ1v) is 9.17. The second-order valence-electron chi connectivity index (χ2n) is 6.57. The topological polar surface area (TPSA) is 70.1 Å². The number of fused-ring (bicyclic) bond motifs is 1. The van der Waals surface area contributed by atoms with Crippen LogP contribution in [0.4, 0.5) is 18.9 Å². The Hall–Kier alpha value is -1.65. The van der Waals surface area contributed by atoms with Crippen LogP contribution in [0.3, 0.4) is 0 Å². The fraction of sp³-hybridized carbons (Fsp3) is 0.625. The zero-order chi connectivity index (χ0) is 18.9. The van der Waals surface area contributed by atoms with Crippen LogP contribution in [0.2, 0.25) is 0 Å². The number of carboxylic acid groups (broad SMARTS) is 1. The van der Waals surface area contributed by atoms with E-state index in [1.54, 1.807) is 11.3 Å². The predicted molar refractivity (Wildman–Crippen MR) is 88.1 cm³/mol. The summed E-state index contributed by atoms with van der Waals surface area (Å²) in [5, 5.41) is 11.2. The zero-order valence-electron chi connectivity index (χ0n) is 13.8. The maximum atomic E-state index is 12.5. The Morgan fingerprint density at radius 2 is 2.04 bits per heavy atom. The molecule has 1 N–H and O–H groups in total. The number of likely N-dealkylation sites (tertiary alicyclic amines) is 1. The van der Waals surface area contributed by atoms with Crippen LogP contribution in [-0.4, -0.2) is 66.9 Å². The van der Waals surface area contributed by atoms with Gasteiger partial charge < -0.3 is 14.7 Å². The Labute approximate surface area is 152 Å². The largest absolute Gasteiger partial charge is 0.490 e. The second kappa shape index (κ2) is 7.53. The minimum absolute atomic E-state index is 0.209.